The highest BCUT2D eigenvalue weighted by Gasteiger charge is 2.28. The number of hydrogen-bond acceptors (Lipinski definition) is 2. The Hall–Kier alpha value is -4.42. The Morgan fingerprint density at radius 2 is 0.792 bits per heavy atom. The second-order valence-electron chi connectivity index (χ2n) is 12.1. The lowest BCUT2D eigenvalue weighted by Crippen LogP contribution is -2.45. The van der Waals surface area contributed by atoms with Crippen LogP contribution in [0, 0.1) is 0 Å². The quantitative estimate of drug-likeness (QED) is 0.171. The van der Waals surface area contributed by atoms with Gasteiger partial charge in [-0.15, -0.1) is 0 Å². The van der Waals surface area contributed by atoms with Gasteiger partial charge in [0, 0.05) is 12.1 Å². The van der Waals surface area contributed by atoms with E-state index in [4.69, 9.17) is 11.5 Å². The van der Waals surface area contributed by atoms with Gasteiger partial charge in [0.25, 0.3) is 0 Å². The summed E-state index contributed by atoms with van der Waals surface area (Å²) in [5, 5.41) is 8.00. The van der Waals surface area contributed by atoms with Gasteiger partial charge in [-0.25, -0.2) is 0 Å². The average molecular weight is 659 g/mol. The average Bonchev–Trinajstić information content (AvgIpc) is 3.15. The molecule has 48 heavy (non-hydrogen) atoms. The van der Waals surface area contributed by atoms with Gasteiger partial charge in [0.2, 0.25) is 0 Å². The third kappa shape index (κ3) is 7.05. The third-order valence-corrected chi connectivity index (χ3v) is 14.0. The Balaban J connectivity index is 1.36. The summed E-state index contributed by atoms with van der Waals surface area (Å²) in [6.45, 7) is 0. The molecule has 1 aliphatic rings. The van der Waals surface area contributed by atoms with Crippen molar-refractivity contribution in [3.05, 3.63) is 192 Å². The first-order chi connectivity index (χ1) is 23.7. The van der Waals surface area contributed by atoms with Crippen molar-refractivity contribution in [3.8, 4) is 0 Å². The molecule has 4 heteroatoms. The number of hydrogen-bond donors (Lipinski definition) is 2. The van der Waals surface area contributed by atoms with Crippen LogP contribution in [0.25, 0.3) is 12.2 Å². The van der Waals surface area contributed by atoms with Crippen LogP contribution in [-0.2, 0) is 0 Å². The van der Waals surface area contributed by atoms with Crippen molar-refractivity contribution in [2.75, 3.05) is 0 Å². The van der Waals surface area contributed by atoms with Crippen LogP contribution < -0.4 is 43.3 Å². The van der Waals surface area contributed by atoms with Crippen LogP contribution in [0.5, 0.6) is 0 Å². The van der Waals surface area contributed by atoms with E-state index < -0.39 is 15.8 Å². The lowest BCUT2D eigenvalue weighted by atomic mass is 9.81. The van der Waals surface area contributed by atoms with Crippen LogP contribution in [0.1, 0.15) is 24.0 Å². The third-order valence-electron chi connectivity index (χ3n) is 8.99. The predicted octanol–water partition coefficient (Wildman–Crippen LogP) is 7.12. The van der Waals surface area contributed by atoms with E-state index >= 15 is 0 Å². The molecule has 0 heterocycles. The van der Waals surface area contributed by atoms with Crippen molar-refractivity contribution in [2.45, 2.75) is 24.9 Å². The van der Waals surface area contributed by atoms with Crippen LogP contribution in [0.3, 0.4) is 0 Å². The van der Waals surface area contributed by atoms with Gasteiger partial charge in [0.1, 0.15) is 0 Å². The van der Waals surface area contributed by atoms with E-state index in [-0.39, 0.29) is 12.1 Å². The fourth-order valence-corrected chi connectivity index (χ4v) is 11.4. The van der Waals surface area contributed by atoms with Gasteiger partial charge >= 0.3 is 0 Å². The molecule has 0 spiro atoms. The Morgan fingerprint density at radius 3 is 1.21 bits per heavy atom. The first-order valence-electron chi connectivity index (χ1n) is 16.6. The molecule has 0 amide bonds. The standard InChI is InChI=1S/C44H40N2P2/c45-41-30-29-33(31-34-17-13-15-27-42(34)47(36-19-5-1-6-20-36)37-21-7-2-8-22-37)40(44(41)46)32-35-18-14-16-28-43(35)48(38-23-9-3-10-24-38)39-25-11-4-12-26-39/h1-28,31-32,41,44H,29-30,45-46H2/b33-31+,40-32+. The molecule has 4 N–H and O–H groups in total. The lowest BCUT2D eigenvalue weighted by molar-refractivity contribution is 0.511. The summed E-state index contributed by atoms with van der Waals surface area (Å²) >= 11 is 0. The van der Waals surface area contributed by atoms with E-state index in [1.54, 1.807) is 0 Å². The van der Waals surface area contributed by atoms with E-state index in [0.717, 1.165) is 18.4 Å². The van der Waals surface area contributed by atoms with Crippen LogP contribution in [0.15, 0.2) is 181 Å². The molecule has 0 bridgehead atoms. The highest BCUT2D eigenvalue weighted by molar-refractivity contribution is 7.80. The van der Waals surface area contributed by atoms with E-state index in [2.05, 4.69) is 182 Å². The van der Waals surface area contributed by atoms with Crippen LogP contribution >= 0.6 is 15.8 Å². The molecule has 6 aromatic carbocycles. The predicted molar refractivity (Wildman–Crippen MR) is 211 cm³/mol. The maximum absolute atomic E-state index is 7.02. The van der Waals surface area contributed by atoms with Crippen LogP contribution in [0.2, 0.25) is 0 Å². The molecule has 2 unspecified atom stereocenters. The van der Waals surface area contributed by atoms with Gasteiger partial charge in [0.05, 0.1) is 0 Å². The van der Waals surface area contributed by atoms with Gasteiger partial charge in [-0.1, -0.05) is 176 Å². The maximum Gasteiger partial charge on any atom is 0.0451 e. The first-order valence-corrected chi connectivity index (χ1v) is 19.3. The van der Waals surface area contributed by atoms with E-state index in [1.165, 1.54) is 48.5 Å². The Bertz CT molecular complexity index is 1930. The maximum atomic E-state index is 7.02. The van der Waals surface area contributed by atoms with Crippen molar-refractivity contribution in [2.24, 2.45) is 11.5 Å². The summed E-state index contributed by atoms with van der Waals surface area (Å²) in [6, 6.07) is 61.0. The molecular formula is C44H40N2P2. The molecule has 2 nitrogen and oxygen atoms in total. The normalized spacial score (nSPS) is 18.1. The molecule has 6 aromatic rings. The fraction of sp³-hybridized carbons (Fsp3) is 0.0909. The minimum Gasteiger partial charge on any atom is -0.326 e. The molecule has 0 radical (unpaired) electrons. The zero-order valence-electron chi connectivity index (χ0n) is 26.9. The summed E-state index contributed by atoms with van der Waals surface area (Å²) in [7, 11) is -1.54. The molecule has 236 valence electrons. The fourth-order valence-electron chi connectivity index (χ4n) is 6.58. The summed E-state index contributed by atoms with van der Waals surface area (Å²) in [6.07, 6.45) is 6.48. The van der Waals surface area contributed by atoms with E-state index in [1.807, 2.05) is 0 Å². The molecule has 0 aromatic heterocycles. The minimum absolute atomic E-state index is 0.0914. The lowest BCUT2D eigenvalue weighted by Gasteiger charge is -2.32. The van der Waals surface area contributed by atoms with Gasteiger partial charge in [0.15, 0.2) is 0 Å². The second-order valence-corrected chi connectivity index (χ2v) is 16.5. The number of nitrogens with two attached hydrogens (primary N) is 2. The van der Waals surface area contributed by atoms with Crippen LogP contribution in [0.4, 0.5) is 0 Å². The van der Waals surface area contributed by atoms with Crippen molar-refractivity contribution >= 4 is 59.8 Å². The summed E-state index contributed by atoms with van der Waals surface area (Å²) < 4.78 is 0. The van der Waals surface area contributed by atoms with Crippen molar-refractivity contribution in [1.82, 2.24) is 0 Å². The Kier molecular flexibility index (Phi) is 10.2. The summed E-state index contributed by atoms with van der Waals surface area (Å²) in [4.78, 5) is 0. The number of rotatable bonds is 8. The highest BCUT2D eigenvalue weighted by Crippen LogP contribution is 2.38. The molecular weight excluding hydrogens is 618 g/mol. The second kappa shape index (κ2) is 15.2. The first kappa shape index (κ1) is 32.1. The van der Waals surface area contributed by atoms with Crippen molar-refractivity contribution < 1.29 is 0 Å². The Labute approximate surface area is 287 Å². The van der Waals surface area contributed by atoms with Gasteiger partial charge in [-0.3, -0.25) is 0 Å². The zero-order valence-corrected chi connectivity index (χ0v) is 28.7. The van der Waals surface area contributed by atoms with Crippen molar-refractivity contribution in [3.63, 3.8) is 0 Å². The molecule has 0 saturated heterocycles. The largest absolute Gasteiger partial charge is 0.326 e. The highest BCUT2D eigenvalue weighted by atomic mass is 31.1. The van der Waals surface area contributed by atoms with Gasteiger partial charge in [-0.05, 0) is 88.9 Å². The molecule has 2 atom stereocenters. The van der Waals surface area contributed by atoms with E-state index in [0.29, 0.717) is 0 Å². The van der Waals surface area contributed by atoms with E-state index in [9.17, 15) is 0 Å². The Morgan fingerprint density at radius 1 is 0.438 bits per heavy atom. The molecule has 7 rings (SSSR count). The van der Waals surface area contributed by atoms with Crippen molar-refractivity contribution in [1.29, 1.82) is 0 Å². The monoisotopic (exact) mass is 658 g/mol. The van der Waals surface area contributed by atoms with Gasteiger partial charge in [-0.2, -0.15) is 0 Å². The SMILES string of the molecule is NC1CCC(=C\c2ccccc2P(c2ccccc2)c2ccccc2)/C(=C\c2ccccc2P(c2ccccc2)c2ccccc2)C1N. The minimum atomic E-state index is -0.780. The number of benzene rings is 6. The summed E-state index contributed by atoms with van der Waals surface area (Å²) in [5.41, 5.74) is 18.6. The van der Waals surface area contributed by atoms with Gasteiger partial charge < -0.3 is 11.5 Å². The summed E-state index contributed by atoms with van der Waals surface area (Å²) in [5.74, 6) is 0. The molecule has 0 aliphatic heterocycles. The molecule has 1 aliphatic carbocycles. The zero-order chi connectivity index (χ0) is 32.7. The van der Waals surface area contributed by atoms with Crippen LogP contribution in [-0.4, -0.2) is 12.1 Å². The molecule has 1 fully saturated rings. The smallest absolute Gasteiger partial charge is 0.0451 e. The molecule has 1 saturated carbocycles. The topological polar surface area (TPSA) is 52.0 Å².